The molecule has 0 saturated carbocycles. The zero-order chi connectivity index (χ0) is 46.3. The average molecular weight is 845 g/mol. The lowest BCUT2D eigenvalue weighted by Gasteiger charge is -2.23. The number of hydrogen-bond acceptors (Lipinski definition) is 5. The van der Waals surface area contributed by atoms with Crippen molar-refractivity contribution in [1.29, 1.82) is 0 Å². The van der Waals surface area contributed by atoms with E-state index in [0.29, 0.717) is 33.8 Å². The van der Waals surface area contributed by atoms with Crippen molar-refractivity contribution in [3.05, 3.63) is 70.8 Å². The van der Waals surface area contributed by atoms with E-state index in [4.69, 9.17) is 9.47 Å². The van der Waals surface area contributed by atoms with Crippen molar-refractivity contribution in [3.8, 4) is 0 Å². The van der Waals surface area contributed by atoms with E-state index in [1.807, 2.05) is 65.8 Å². The molecule has 0 fully saturated rings. The summed E-state index contributed by atoms with van der Waals surface area (Å²) in [7, 11) is 0. The van der Waals surface area contributed by atoms with Crippen LogP contribution in [0.15, 0.2) is 48.5 Å². The Balaban J connectivity index is 1.51. The van der Waals surface area contributed by atoms with Crippen molar-refractivity contribution >= 4 is 84.6 Å². The van der Waals surface area contributed by atoms with Gasteiger partial charge in [0.2, 0.25) is 0 Å². The van der Waals surface area contributed by atoms with Gasteiger partial charge < -0.3 is 30.1 Å². The van der Waals surface area contributed by atoms with Crippen LogP contribution in [-0.4, -0.2) is 39.4 Å². The van der Waals surface area contributed by atoms with E-state index in [1.54, 1.807) is 0 Å². The van der Waals surface area contributed by atoms with E-state index in [-0.39, 0.29) is 21.7 Å². The summed E-state index contributed by atoms with van der Waals surface area (Å²) in [5, 5.41) is 16.1. The SMILES string of the molecule is CC(C)(C)OC(=O)Nc1cc(C(C)(C)C)cc2c1[nH]c1c(NC(=O)Nc3cc(C(C)(C)C)cc4c3[nH]c3c(NC(=O)OC(C)(C)C)cc(C(C)(C)C)cc34)cc(C(C)(C)C)cc12. The molecule has 4 amide bonds. The first-order valence-corrected chi connectivity index (χ1v) is 21.5. The van der Waals surface area contributed by atoms with E-state index in [1.165, 1.54) is 0 Å². The summed E-state index contributed by atoms with van der Waals surface area (Å²) in [6, 6.07) is 16.2. The second-order valence-electron chi connectivity index (χ2n) is 22.9. The third-order valence-electron chi connectivity index (χ3n) is 10.9. The molecule has 62 heavy (non-hydrogen) atoms. The van der Waals surface area contributed by atoms with Crippen molar-refractivity contribution < 1.29 is 23.9 Å². The van der Waals surface area contributed by atoms with Crippen molar-refractivity contribution in [3.63, 3.8) is 0 Å². The van der Waals surface area contributed by atoms with E-state index in [9.17, 15) is 14.4 Å². The molecule has 11 heteroatoms. The van der Waals surface area contributed by atoms with Crippen molar-refractivity contribution in [2.75, 3.05) is 21.3 Å². The highest BCUT2D eigenvalue weighted by molar-refractivity contribution is 6.20. The summed E-state index contributed by atoms with van der Waals surface area (Å²) in [6.45, 7) is 36.7. The molecule has 0 unspecified atom stereocenters. The maximum atomic E-state index is 14.5. The Labute approximate surface area is 366 Å². The molecule has 0 spiro atoms. The number of urea groups is 1. The molecule has 0 aliphatic carbocycles. The van der Waals surface area contributed by atoms with Gasteiger partial charge in [-0.05, 0) is 134 Å². The largest absolute Gasteiger partial charge is 0.444 e. The van der Waals surface area contributed by atoms with Crippen molar-refractivity contribution in [2.24, 2.45) is 0 Å². The molecule has 2 heterocycles. The number of hydrogen-bond donors (Lipinski definition) is 6. The van der Waals surface area contributed by atoms with Gasteiger partial charge in [0.1, 0.15) is 11.2 Å². The van der Waals surface area contributed by atoms with Crippen molar-refractivity contribution in [2.45, 2.75) is 157 Å². The highest BCUT2D eigenvalue weighted by atomic mass is 16.6. The zero-order valence-corrected chi connectivity index (χ0v) is 40.2. The number of aromatic amines is 2. The number of fused-ring (bicyclic) bond motifs is 6. The van der Waals surface area contributed by atoms with Crippen LogP contribution in [0, 0.1) is 0 Å². The Kier molecular flexibility index (Phi) is 11.3. The van der Waals surface area contributed by atoms with Crippen LogP contribution in [0.1, 0.15) is 147 Å². The number of carbonyl (C=O) groups is 3. The predicted octanol–water partition coefficient (Wildman–Crippen LogP) is 14.5. The Hall–Kier alpha value is -5.71. The van der Waals surface area contributed by atoms with E-state index < -0.39 is 29.4 Å². The fourth-order valence-corrected chi connectivity index (χ4v) is 7.44. The van der Waals surface area contributed by atoms with Crippen LogP contribution < -0.4 is 21.3 Å². The third kappa shape index (κ3) is 9.98. The molecular formula is C51H68N6O5. The Morgan fingerprint density at radius 1 is 0.371 bits per heavy atom. The summed E-state index contributed by atoms with van der Waals surface area (Å²) in [6.07, 6.45) is -1.11. The van der Waals surface area contributed by atoms with Gasteiger partial charge in [0, 0.05) is 21.5 Å². The molecule has 0 aliphatic rings. The highest BCUT2D eigenvalue weighted by Gasteiger charge is 2.27. The molecular weight excluding hydrogens is 777 g/mol. The van der Waals surface area contributed by atoms with Gasteiger partial charge in [-0.3, -0.25) is 10.6 Å². The maximum Gasteiger partial charge on any atom is 0.412 e. The van der Waals surface area contributed by atoms with Gasteiger partial charge in [-0.25, -0.2) is 14.4 Å². The first-order chi connectivity index (χ1) is 28.2. The monoisotopic (exact) mass is 845 g/mol. The van der Waals surface area contributed by atoms with Crippen LogP contribution in [0.2, 0.25) is 0 Å². The first kappa shape index (κ1) is 45.8. The first-order valence-electron chi connectivity index (χ1n) is 21.5. The second kappa shape index (κ2) is 15.3. The number of ether oxygens (including phenoxy) is 2. The quantitative estimate of drug-likeness (QED) is 0.104. The van der Waals surface area contributed by atoms with Gasteiger partial charge in [0.15, 0.2) is 0 Å². The molecule has 6 aromatic rings. The Morgan fingerprint density at radius 2 is 0.597 bits per heavy atom. The van der Waals surface area contributed by atoms with Crippen LogP contribution in [0.3, 0.4) is 0 Å². The fourth-order valence-electron chi connectivity index (χ4n) is 7.44. The molecule has 4 aromatic carbocycles. The number of carbonyl (C=O) groups excluding carboxylic acids is 3. The van der Waals surface area contributed by atoms with Gasteiger partial charge in [0.05, 0.1) is 44.8 Å². The number of anilines is 4. The lowest BCUT2D eigenvalue weighted by atomic mass is 9.84. The van der Waals surface area contributed by atoms with Gasteiger partial charge in [0.25, 0.3) is 0 Å². The molecule has 11 nitrogen and oxygen atoms in total. The van der Waals surface area contributed by atoms with Crippen LogP contribution >= 0.6 is 0 Å². The Bertz CT molecular complexity index is 2560. The molecule has 6 N–H and O–H groups in total. The summed E-state index contributed by atoms with van der Waals surface area (Å²) < 4.78 is 11.3. The van der Waals surface area contributed by atoms with Gasteiger partial charge in [-0.15, -0.1) is 0 Å². The van der Waals surface area contributed by atoms with Crippen LogP contribution in [0.25, 0.3) is 43.6 Å². The number of H-pyrrole nitrogens is 2. The number of amides is 4. The topological polar surface area (TPSA) is 149 Å². The standard InChI is InChI=1S/C51H68N6O5/c1-46(2,3)27-19-31-33-21-29(48(7,8)9)25-37(54-44(59)61-50(13,14)15)41(33)56-39(31)35(23-27)52-43(58)53-36-24-28(47(4,5)6)20-32-34-22-30(49(10,11)12)26-38(42(34)57-40(32)36)55-45(60)62-51(16,17)18/h19-26,56-57H,1-18H3,(H,54,59)(H,55,60)(H2,52,53,58). The highest BCUT2D eigenvalue weighted by Crippen LogP contribution is 2.43. The van der Waals surface area contributed by atoms with Crippen LogP contribution in [0.4, 0.5) is 37.1 Å². The summed E-state index contributed by atoms with van der Waals surface area (Å²) in [5.74, 6) is 0. The molecule has 0 saturated heterocycles. The molecule has 0 radical (unpaired) electrons. The minimum atomic E-state index is -0.684. The number of rotatable bonds is 4. The lowest BCUT2D eigenvalue weighted by Crippen LogP contribution is -2.27. The molecule has 0 aliphatic heterocycles. The molecule has 0 atom stereocenters. The summed E-state index contributed by atoms with van der Waals surface area (Å²) in [5.41, 5.74) is 6.95. The van der Waals surface area contributed by atoms with Crippen LogP contribution in [0.5, 0.6) is 0 Å². The van der Waals surface area contributed by atoms with Crippen molar-refractivity contribution in [1.82, 2.24) is 9.97 Å². The fraction of sp³-hybridized carbons (Fsp3) is 0.471. The minimum absolute atomic E-state index is 0.235. The smallest absolute Gasteiger partial charge is 0.412 e. The van der Waals surface area contributed by atoms with Gasteiger partial charge in [-0.1, -0.05) is 83.1 Å². The zero-order valence-electron chi connectivity index (χ0n) is 40.2. The normalized spacial score (nSPS) is 13.2. The Morgan fingerprint density at radius 3 is 0.806 bits per heavy atom. The van der Waals surface area contributed by atoms with Gasteiger partial charge >= 0.3 is 18.2 Å². The second-order valence-corrected chi connectivity index (χ2v) is 22.9. The average Bonchev–Trinajstić information content (AvgIpc) is 3.64. The molecule has 2 aromatic heterocycles. The van der Waals surface area contributed by atoms with Gasteiger partial charge in [-0.2, -0.15) is 0 Å². The molecule has 0 bridgehead atoms. The van der Waals surface area contributed by atoms with Crippen LogP contribution in [-0.2, 0) is 31.1 Å². The molecule has 6 rings (SSSR count). The third-order valence-corrected chi connectivity index (χ3v) is 10.9. The van der Waals surface area contributed by atoms with E-state index in [2.05, 4.69) is 139 Å². The maximum absolute atomic E-state index is 14.5. The predicted molar refractivity (Wildman–Crippen MR) is 259 cm³/mol. The lowest BCUT2D eigenvalue weighted by molar-refractivity contribution is 0.0624. The number of aromatic nitrogens is 2. The number of benzene rings is 4. The van der Waals surface area contributed by atoms with E-state index >= 15 is 0 Å². The summed E-state index contributed by atoms with van der Waals surface area (Å²) >= 11 is 0. The van der Waals surface area contributed by atoms with E-state index in [0.717, 1.165) is 54.8 Å². The molecule has 332 valence electrons. The summed E-state index contributed by atoms with van der Waals surface area (Å²) in [4.78, 5) is 48.0. The number of nitrogens with one attached hydrogen (secondary N) is 6. The minimum Gasteiger partial charge on any atom is -0.444 e.